The topological polar surface area (TPSA) is 52.0 Å². The van der Waals surface area contributed by atoms with Crippen LogP contribution in [0.3, 0.4) is 0 Å². The Morgan fingerprint density at radius 2 is 1.93 bits per heavy atom. The van der Waals surface area contributed by atoms with Gasteiger partial charge in [-0.15, -0.1) is 0 Å². The molecule has 4 rings (SSSR count). The van der Waals surface area contributed by atoms with Gasteiger partial charge < -0.3 is 19.5 Å². The van der Waals surface area contributed by atoms with Gasteiger partial charge in [-0.05, 0) is 58.7 Å². The fourth-order valence-corrected chi connectivity index (χ4v) is 4.40. The van der Waals surface area contributed by atoms with Crippen molar-refractivity contribution in [1.82, 2.24) is 15.1 Å². The number of anilines is 1. The van der Waals surface area contributed by atoms with Gasteiger partial charge in [-0.25, -0.2) is 0 Å². The minimum atomic E-state index is -0.175. The average Bonchev–Trinajstić information content (AvgIpc) is 3.29. The molecule has 1 amide bonds. The van der Waals surface area contributed by atoms with E-state index in [0.29, 0.717) is 17.0 Å². The van der Waals surface area contributed by atoms with Crippen LogP contribution in [0.4, 0.5) is 5.69 Å². The summed E-state index contributed by atoms with van der Waals surface area (Å²) in [6, 6.07) is 10.4. The lowest BCUT2D eigenvalue weighted by Gasteiger charge is -2.38. The van der Waals surface area contributed by atoms with E-state index in [4.69, 9.17) is 4.42 Å². The maximum absolute atomic E-state index is 12.5. The number of hydrogen-bond acceptors (Lipinski definition) is 5. The first-order chi connectivity index (χ1) is 13.5. The molecule has 1 aromatic carbocycles. The van der Waals surface area contributed by atoms with Crippen LogP contribution in [0.1, 0.15) is 27.7 Å². The van der Waals surface area contributed by atoms with Gasteiger partial charge in [0.05, 0.1) is 6.04 Å². The molecule has 2 aromatic rings. The highest BCUT2D eigenvalue weighted by molar-refractivity contribution is 9.10. The Morgan fingerprint density at radius 1 is 1.14 bits per heavy atom. The molecule has 3 heterocycles. The number of fused-ring (bicyclic) bond motifs is 1. The van der Waals surface area contributed by atoms with E-state index in [1.807, 2.05) is 0 Å². The van der Waals surface area contributed by atoms with Crippen molar-refractivity contribution in [3.63, 3.8) is 0 Å². The quantitative estimate of drug-likeness (QED) is 0.764. The molecule has 0 spiro atoms. The number of likely N-dealkylation sites (N-methyl/N-ethyl adjacent to an activating group) is 2. The molecule has 0 radical (unpaired) electrons. The number of halogens is 1. The zero-order chi connectivity index (χ0) is 19.7. The number of carbonyl (C=O) groups is 1. The smallest absolute Gasteiger partial charge is 0.287 e. The second-order valence-corrected chi connectivity index (χ2v) is 8.51. The number of carbonyl (C=O) groups excluding carboxylic acids is 1. The third kappa shape index (κ3) is 4.11. The van der Waals surface area contributed by atoms with Crippen molar-refractivity contribution in [2.45, 2.75) is 12.5 Å². The summed E-state index contributed by atoms with van der Waals surface area (Å²) in [6.45, 7) is 5.73. The number of nitrogens with zero attached hydrogens (tertiary/aromatic N) is 3. The predicted octanol–water partition coefficient (Wildman–Crippen LogP) is 2.75. The first kappa shape index (κ1) is 19.5. The summed E-state index contributed by atoms with van der Waals surface area (Å²) in [6.07, 6.45) is 1.09. The van der Waals surface area contributed by atoms with Gasteiger partial charge in [0, 0.05) is 52.0 Å². The third-order valence-corrected chi connectivity index (χ3v) is 6.27. The van der Waals surface area contributed by atoms with Crippen LogP contribution in [-0.2, 0) is 6.42 Å². The zero-order valence-corrected chi connectivity index (χ0v) is 18.0. The minimum Gasteiger partial charge on any atom is -0.444 e. The molecule has 150 valence electrons. The van der Waals surface area contributed by atoms with Gasteiger partial charge in [0.25, 0.3) is 5.91 Å². The summed E-state index contributed by atoms with van der Waals surface area (Å²) in [4.78, 5) is 19.6. The molecule has 6 nitrogen and oxygen atoms in total. The fourth-order valence-electron chi connectivity index (χ4n) is 4.10. The number of amides is 1. The molecule has 1 fully saturated rings. The van der Waals surface area contributed by atoms with Crippen LogP contribution in [0.25, 0.3) is 0 Å². The molecule has 2 aliphatic heterocycles. The Labute approximate surface area is 174 Å². The van der Waals surface area contributed by atoms with Gasteiger partial charge in [-0.1, -0.05) is 12.1 Å². The Balaban J connectivity index is 1.53. The van der Waals surface area contributed by atoms with Gasteiger partial charge in [-0.3, -0.25) is 9.69 Å². The number of rotatable bonds is 5. The van der Waals surface area contributed by atoms with E-state index < -0.39 is 0 Å². The van der Waals surface area contributed by atoms with E-state index in [0.717, 1.165) is 39.1 Å². The average molecular weight is 447 g/mol. The molecular weight excluding hydrogens is 420 g/mol. The Kier molecular flexibility index (Phi) is 5.75. The molecular formula is C21H27BrN4O2. The molecule has 7 heteroatoms. The highest BCUT2D eigenvalue weighted by atomic mass is 79.9. The summed E-state index contributed by atoms with van der Waals surface area (Å²) in [5.41, 5.74) is 4.00. The minimum absolute atomic E-state index is 0.159. The van der Waals surface area contributed by atoms with Crippen LogP contribution >= 0.6 is 15.9 Å². The van der Waals surface area contributed by atoms with Crippen molar-refractivity contribution in [3.8, 4) is 0 Å². The lowest BCUT2D eigenvalue weighted by molar-refractivity contribution is 0.0862. The number of hydrogen-bond donors (Lipinski definition) is 1. The summed E-state index contributed by atoms with van der Waals surface area (Å²) in [5, 5.41) is 3.08. The van der Waals surface area contributed by atoms with Crippen molar-refractivity contribution < 1.29 is 9.21 Å². The SMILES string of the molecule is CN1CCN(C(CNC(=O)c2ccc(Br)o2)c2ccc3c(c2)CCN3C)CC1. The van der Waals surface area contributed by atoms with Crippen molar-refractivity contribution in [1.29, 1.82) is 0 Å². The van der Waals surface area contributed by atoms with E-state index in [1.165, 1.54) is 16.8 Å². The lowest BCUT2D eigenvalue weighted by Crippen LogP contribution is -2.48. The molecule has 2 aliphatic rings. The molecule has 0 bridgehead atoms. The third-order valence-electron chi connectivity index (χ3n) is 5.85. The first-order valence-corrected chi connectivity index (χ1v) is 10.6. The highest BCUT2D eigenvalue weighted by Crippen LogP contribution is 2.31. The summed E-state index contributed by atoms with van der Waals surface area (Å²) in [5.74, 6) is 0.158. The summed E-state index contributed by atoms with van der Waals surface area (Å²) in [7, 11) is 4.30. The van der Waals surface area contributed by atoms with E-state index >= 15 is 0 Å². The van der Waals surface area contributed by atoms with Gasteiger partial charge in [0.1, 0.15) is 0 Å². The second-order valence-electron chi connectivity index (χ2n) is 7.73. The van der Waals surface area contributed by atoms with Gasteiger partial charge >= 0.3 is 0 Å². The van der Waals surface area contributed by atoms with E-state index in [-0.39, 0.29) is 11.9 Å². The molecule has 0 saturated carbocycles. The Hall–Kier alpha value is -1.83. The number of furan rings is 1. The van der Waals surface area contributed by atoms with E-state index in [1.54, 1.807) is 12.1 Å². The molecule has 1 atom stereocenters. The second kappa shape index (κ2) is 8.27. The Morgan fingerprint density at radius 3 is 2.64 bits per heavy atom. The van der Waals surface area contributed by atoms with Crippen molar-refractivity contribution in [2.24, 2.45) is 0 Å². The van der Waals surface area contributed by atoms with Gasteiger partial charge in [0.15, 0.2) is 10.4 Å². The normalized spacial score (nSPS) is 18.9. The monoisotopic (exact) mass is 446 g/mol. The van der Waals surface area contributed by atoms with Gasteiger partial charge in [0.2, 0.25) is 0 Å². The summed E-state index contributed by atoms with van der Waals surface area (Å²) < 4.78 is 5.96. The van der Waals surface area contributed by atoms with E-state index in [2.05, 4.69) is 68.2 Å². The fraction of sp³-hybridized carbons (Fsp3) is 0.476. The van der Waals surface area contributed by atoms with Crippen LogP contribution in [-0.4, -0.2) is 69.1 Å². The van der Waals surface area contributed by atoms with Crippen molar-refractivity contribution in [3.05, 3.63) is 51.9 Å². The number of benzene rings is 1. The van der Waals surface area contributed by atoms with Gasteiger partial charge in [-0.2, -0.15) is 0 Å². The maximum Gasteiger partial charge on any atom is 0.287 e. The van der Waals surface area contributed by atoms with E-state index in [9.17, 15) is 4.79 Å². The summed E-state index contributed by atoms with van der Waals surface area (Å²) >= 11 is 3.26. The molecule has 28 heavy (non-hydrogen) atoms. The first-order valence-electron chi connectivity index (χ1n) is 9.81. The Bertz CT molecular complexity index is 845. The predicted molar refractivity (Wildman–Crippen MR) is 114 cm³/mol. The van der Waals surface area contributed by atoms with Crippen LogP contribution in [0.15, 0.2) is 39.4 Å². The van der Waals surface area contributed by atoms with Crippen LogP contribution in [0.5, 0.6) is 0 Å². The molecule has 1 saturated heterocycles. The number of nitrogens with one attached hydrogen (secondary N) is 1. The van der Waals surface area contributed by atoms with Crippen molar-refractivity contribution in [2.75, 3.05) is 58.3 Å². The highest BCUT2D eigenvalue weighted by Gasteiger charge is 2.26. The molecule has 1 N–H and O–H groups in total. The van der Waals surface area contributed by atoms with Crippen LogP contribution in [0, 0.1) is 0 Å². The molecule has 1 unspecified atom stereocenters. The maximum atomic E-state index is 12.5. The standard InChI is InChI=1S/C21H27BrN4O2/c1-24-9-11-26(12-10-24)18(14-23-21(27)19-5-6-20(22)28-19)15-3-4-17-16(13-15)7-8-25(17)2/h3-6,13,18H,7-12,14H2,1-2H3,(H,23,27). The van der Waals surface area contributed by atoms with Crippen molar-refractivity contribution >= 4 is 27.5 Å². The molecule has 0 aliphatic carbocycles. The largest absolute Gasteiger partial charge is 0.444 e. The van der Waals surface area contributed by atoms with Crippen LogP contribution < -0.4 is 10.2 Å². The van der Waals surface area contributed by atoms with Crippen LogP contribution in [0.2, 0.25) is 0 Å². The lowest BCUT2D eigenvalue weighted by atomic mass is 10.00. The molecule has 1 aromatic heterocycles. The number of piperazine rings is 1. The zero-order valence-electron chi connectivity index (χ0n) is 16.4.